The van der Waals surface area contributed by atoms with Crippen molar-refractivity contribution in [1.29, 1.82) is 0 Å². The van der Waals surface area contributed by atoms with Crippen LogP contribution in [0.1, 0.15) is 6.42 Å². The molecule has 0 aromatic rings. The van der Waals surface area contributed by atoms with E-state index < -0.39 is 0 Å². The molecule has 3 aliphatic rings. The van der Waals surface area contributed by atoms with Crippen LogP contribution in [0.15, 0.2) is 16.4 Å². The van der Waals surface area contributed by atoms with Crippen molar-refractivity contribution in [3.8, 4) is 0 Å². The van der Waals surface area contributed by atoms with Crippen LogP contribution in [-0.2, 0) is 4.79 Å². The molecule has 0 aliphatic carbocycles. The number of rotatable bonds is 0. The van der Waals surface area contributed by atoms with E-state index in [1.54, 1.807) is 6.21 Å². The minimum atomic E-state index is -0.318. The number of amides is 3. The molecule has 5 heteroatoms. The van der Waals surface area contributed by atoms with E-state index in [2.05, 4.69) is 10.3 Å². The maximum Gasteiger partial charge on any atom is 0.329 e. The second-order valence-electron chi connectivity index (χ2n) is 2.97. The van der Waals surface area contributed by atoms with E-state index in [9.17, 15) is 9.59 Å². The van der Waals surface area contributed by atoms with Crippen molar-refractivity contribution >= 4 is 18.2 Å². The monoisotopic (exact) mass is 163 g/mol. The first-order valence-corrected chi connectivity index (χ1v) is 3.69. The van der Waals surface area contributed by atoms with Crippen LogP contribution in [0.25, 0.3) is 0 Å². The van der Waals surface area contributed by atoms with Crippen LogP contribution in [0.4, 0.5) is 4.79 Å². The average Bonchev–Trinajstić information content (AvgIpc) is 2.64. The van der Waals surface area contributed by atoms with E-state index in [1.165, 1.54) is 4.90 Å². The Hall–Kier alpha value is -1.65. The lowest BCUT2D eigenvalue weighted by Gasteiger charge is -2.15. The predicted molar refractivity (Wildman–Crippen MR) is 39.3 cm³/mol. The summed E-state index contributed by atoms with van der Waals surface area (Å²) in [6.45, 7) is 0. The number of hydrogen-bond donors (Lipinski definition) is 1. The first-order chi connectivity index (χ1) is 5.77. The molecule has 5 nitrogen and oxygen atoms in total. The van der Waals surface area contributed by atoms with E-state index in [-0.39, 0.29) is 18.0 Å². The summed E-state index contributed by atoms with van der Waals surface area (Å²) in [6.07, 6.45) is 2.41. The first-order valence-electron chi connectivity index (χ1n) is 3.69. The third-order valence-corrected chi connectivity index (χ3v) is 2.31. The maximum atomic E-state index is 11.2. The zero-order valence-electron chi connectivity index (χ0n) is 6.07. The lowest BCUT2D eigenvalue weighted by Crippen LogP contribution is -2.34. The summed E-state index contributed by atoms with van der Waals surface area (Å²) in [5.74, 6) is -0.311. The van der Waals surface area contributed by atoms with Gasteiger partial charge in [-0.1, -0.05) is 0 Å². The van der Waals surface area contributed by atoms with Crippen molar-refractivity contribution < 1.29 is 9.59 Å². The summed E-state index contributed by atoms with van der Waals surface area (Å²) in [5, 5.41) is 2.23. The number of nitrogens with one attached hydrogen (secondary N) is 1. The zero-order chi connectivity index (χ0) is 8.29. The molecular formula is C7H5N3O2. The summed E-state index contributed by atoms with van der Waals surface area (Å²) < 4.78 is 0. The number of imide groups is 1. The van der Waals surface area contributed by atoms with Crippen LogP contribution in [-0.4, -0.2) is 29.1 Å². The standard InChI is InChI=1S/C7H5N3O2/c11-6-5-4-1-3(2-8-4)10(5)7(12)9-6/h2-3H,1H2,(H,9,11,12). The van der Waals surface area contributed by atoms with Crippen LogP contribution in [0.2, 0.25) is 0 Å². The van der Waals surface area contributed by atoms with Gasteiger partial charge < -0.3 is 0 Å². The van der Waals surface area contributed by atoms with Crippen molar-refractivity contribution in [2.45, 2.75) is 12.5 Å². The molecule has 3 aliphatic heterocycles. The zero-order valence-corrected chi connectivity index (χ0v) is 6.07. The molecule has 0 radical (unpaired) electrons. The summed E-state index contributed by atoms with van der Waals surface area (Å²) in [5.41, 5.74) is 1.19. The predicted octanol–water partition coefficient (Wildman–Crippen LogP) is -0.393. The lowest BCUT2D eigenvalue weighted by atomic mass is 10.3. The molecule has 0 saturated carbocycles. The van der Waals surface area contributed by atoms with Crippen LogP contribution in [0.5, 0.6) is 0 Å². The highest BCUT2D eigenvalue weighted by atomic mass is 16.2. The number of hydrogen-bond acceptors (Lipinski definition) is 3. The molecule has 1 fully saturated rings. The van der Waals surface area contributed by atoms with Crippen molar-refractivity contribution in [1.82, 2.24) is 10.2 Å². The number of nitrogens with zero attached hydrogens (tertiary/aromatic N) is 2. The van der Waals surface area contributed by atoms with E-state index in [4.69, 9.17) is 0 Å². The number of aliphatic imine (C=N–C) groups is 1. The Labute approximate surface area is 67.7 Å². The lowest BCUT2D eigenvalue weighted by molar-refractivity contribution is -0.116. The van der Waals surface area contributed by atoms with Gasteiger partial charge in [-0.3, -0.25) is 20.0 Å². The van der Waals surface area contributed by atoms with E-state index in [0.29, 0.717) is 12.1 Å². The van der Waals surface area contributed by atoms with Crippen LogP contribution in [0.3, 0.4) is 0 Å². The van der Waals surface area contributed by atoms with E-state index in [1.807, 2.05) is 0 Å². The highest BCUT2D eigenvalue weighted by molar-refractivity contribution is 6.14. The molecule has 12 heavy (non-hydrogen) atoms. The smallest absolute Gasteiger partial charge is 0.278 e. The molecule has 1 atom stereocenters. The largest absolute Gasteiger partial charge is 0.329 e. The fourth-order valence-corrected chi connectivity index (χ4v) is 1.81. The van der Waals surface area contributed by atoms with Crippen LogP contribution >= 0.6 is 0 Å². The molecule has 3 heterocycles. The minimum absolute atomic E-state index is 0.0125. The molecule has 1 unspecified atom stereocenters. The van der Waals surface area contributed by atoms with Crippen molar-refractivity contribution in [3.05, 3.63) is 11.4 Å². The third-order valence-electron chi connectivity index (χ3n) is 2.31. The van der Waals surface area contributed by atoms with Crippen LogP contribution < -0.4 is 5.32 Å². The number of urea groups is 1. The quantitative estimate of drug-likeness (QED) is 0.494. The fourth-order valence-electron chi connectivity index (χ4n) is 1.81. The molecule has 0 aromatic carbocycles. The normalized spacial score (nSPS) is 30.3. The van der Waals surface area contributed by atoms with Gasteiger partial charge in [0.1, 0.15) is 5.70 Å². The Kier molecular flexibility index (Phi) is 0.778. The van der Waals surface area contributed by atoms with Crippen molar-refractivity contribution in [2.24, 2.45) is 4.99 Å². The fraction of sp³-hybridized carbons (Fsp3) is 0.286. The number of carbonyl (C=O) groups is 2. The highest BCUT2D eigenvalue weighted by Gasteiger charge is 2.47. The minimum Gasteiger partial charge on any atom is -0.278 e. The molecule has 1 N–H and O–H groups in total. The van der Waals surface area contributed by atoms with Gasteiger partial charge in [-0.15, -0.1) is 0 Å². The van der Waals surface area contributed by atoms with Crippen molar-refractivity contribution in [3.63, 3.8) is 0 Å². The first kappa shape index (κ1) is 5.93. The maximum absolute atomic E-state index is 11.2. The highest BCUT2D eigenvalue weighted by Crippen LogP contribution is 2.35. The molecule has 1 saturated heterocycles. The Balaban J connectivity index is 2.23. The molecule has 2 bridgehead atoms. The average molecular weight is 163 g/mol. The number of carbonyl (C=O) groups excluding carboxylic acids is 2. The molecular weight excluding hydrogens is 158 g/mol. The van der Waals surface area contributed by atoms with Gasteiger partial charge in [0.15, 0.2) is 0 Å². The second-order valence-corrected chi connectivity index (χ2v) is 2.97. The van der Waals surface area contributed by atoms with Gasteiger partial charge in [0, 0.05) is 12.6 Å². The Bertz CT molecular complexity index is 369. The van der Waals surface area contributed by atoms with Crippen LogP contribution in [0, 0.1) is 0 Å². The topological polar surface area (TPSA) is 61.8 Å². The van der Waals surface area contributed by atoms with Gasteiger partial charge in [-0.2, -0.15) is 0 Å². The van der Waals surface area contributed by atoms with E-state index >= 15 is 0 Å². The van der Waals surface area contributed by atoms with Gasteiger partial charge >= 0.3 is 6.03 Å². The summed E-state index contributed by atoms with van der Waals surface area (Å²) in [4.78, 5) is 27.8. The SMILES string of the molecule is O=C1NC(=O)N2C1=C1CC2C=N1. The molecule has 0 aromatic heterocycles. The third kappa shape index (κ3) is 0.459. The van der Waals surface area contributed by atoms with E-state index in [0.717, 1.165) is 5.70 Å². The molecule has 3 amide bonds. The van der Waals surface area contributed by atoms with Gasteiger partial charge in [0.05, 0.1) is 11.7 Å². The van der Waals surface area contributed by atoms with Gasteiger partial charge in [-0.05, 0) is 0 Å². The Morgan fingerprint density at radius 3 is 3.17 bits per heavy atom. The van der Waals surface area contributed by atoms with Crippen molar-refractivity contribution in [2.75, 3.05) is 0 Å². The molecule has 60 valence electrons. The van der Waals surface area contributed by atoms with Gasteiger partial charge in [0.25, 0.3) is 5.91 Å². The van der Waals surface area contributed by atoms with Gasteiger partial charge in [0.2, 0.25) is 0 Å². The molecule has 0 spiro atoms. The summed E-state index contributed by atoms with van der Waals surface area (Å²) in [7, 11) is 0. The second kappa shape index (κ2) is 1.57. The van der Waals surface area contributed by atoms with Gasteiger partial charge in [-0.25, -0.2) is 4.79 Å². The Morgan fingerprint density at radius 2 is 2.42 bits per heavy atom. The summed E-state index contributed by atoms with van der Waals surface area (Å²) in [6, 6.07) is -0.331. The summed E-state index contributed by atoms with van der Waals surface area (Å²) >= 11 is 0. The Morgan fingerprint density at radius 1 is 1.58 bits per heavy atom. The number of fused-ring (bicyclic) bond motifs is 4. The molecule has 3 rings (SSSR count).